The molecule has 0 saturated heterocycles. The summed E-state index contributed by atoms with van der Waals surface area (Å²) in [5, 5.41) is 0. The molecular weight excluding hydrogens is 324 g/mol. The van der Waals surface area contributed by atoms with Crippen molar-refractivity contribution in [1.29, 1.82) is 0 Å². The summed E-state index contributed by atoms with van der Waals surface area (Å²) in [5.41, 5.74) is 0. The second-order valence-corrected chi connectivity index (χ2v) is 6.68. The molecule has 0 unspecified atom stereocenters. The van der Waals surface area contributed by atoms with Crippen LogP contribution in [0.3, 0.4) is 0 Å². The van der Waals surface area contributed by atoms with Crippen LogP contribution in [0.5, 0.6) is 0 Å². The van der Waals surface area contributed by atoms with Gasteiger partial charge in [0.2, 0.25) is 9.76 Å². The van der Waals surface area contributed by atoms with E-state index in [-0.39, 0.29) is 0 Å². The van der Waals surface area contributed by atoms with Crippen molar-refractivity contribution in [1.82, 2.24) is 0 Å². The first-order valence-electron chi connectivity index (χ1n) is 9.57. The molecule has 0 spiro atoms. The van der Waals surface area contributed by atoms with Crippen LogP contribution in [0.2, 0.25) is 6.04 Å². The maximum absolute atomic E-state index is 5.52. The van der Waals surface area contributed by atoms with E-state index in [9.17, 15) is 0 Å². The molecule has 0 aliphatic carbocycles. The molecule has 0 atom stereocenters. The van der Waals surface area contributed by atoms with Crippen LogP contribution in [-0.2, 0) is 23.4 Å². The zero-order valence-corrected chi connectivity index (χ0v) is 16.9. The van der Waals surface area contributed by atoms with E-state index >= 15 is 0 Å². The Morgan fingerprint density at radius 2 is 1.00 bits per heavy atom. The maximum atomic E-state index is 5.52. The van der Waals surface area contributed by atoms with Crippen LogP contribution in [0.15, 0.2) is 0 Å². The molecule has 0 rings (SSSR count). The van der Waals surface area contributed by atoms with Gasteiger partial charge < -0.3 is 23.4 Å². The summed E-state index contributed by atoms with van der Waals surface area (Å²) in [6.45, 7) is 10.3. The zero-order valence-electron chi connectivity index (χ0n) is 15.9. The minimum absolute atomic E-state index is 0.605. The Kier molecular flexibility index (Phi) is 23.0. The van der Waals surface area contributed by atoms with Crippen LogP contribution in [-0.4, -0.2) is 69.2 Å². The minimum Gasteiger partial charge on any atom is -0.415 e. The van der Waals surface area contributed by atoms with Gasteiger partial charge in [-0.05, 0) is 12.5 Å². The summed E-state index contributed by atoms with van der Waals surface area (Å²) in [4.78, 5) is 0. The van der Waals surface area contributed by atoms with Gasteiger partial charge in [0.15, 0.2) is 0 Å². The molecule has 0 aliphatic heterocycles. The molecule has 0 fully saturated rings. The number of rotatable bonds is 21. The van der Waals surface area contributed by atoms with Crippen LogP contribution < -0.4 is 0 Å². The van der Waals surface area contributed by atoms with Gasteiger partial charge >= 0.3 is 0 Å². The van der Waals surface area contributed by atoms with Gasteiger partial charge in [0.05, 0.1) is 52.9 Å². The molecule has 0 aliphatic rings. The Hall–Kier alpha value is 0.0169. The second kappa shape index (κ2) is 23.0. The number of hydrogen-bond acceptors (Lipinski definition) is 5. The van der Waals surface area contributed by atoms with Gasteiger partial charge in [-0.25, -0.2) is 0 Å². The summed E-state index contributed by atoms with van der Waals surface area (Å²) < 4.78 is 27.2. The Morgan fingerprint density at radius 1 is 0.500 bits per heavy atom. The van der Waals surface area contributed by atoms with Crippen LogP contribution >= 0.6 is 0 Å². The van der Waals surface area contributed by atoms with Crippen molar-refractivity contribution in [2.24, 2.45) is 0 Å². The molecule has 0 saturated carbocycles. The quantitative estimate of drug-likeness (QED) is 0.231. The predicted molar refractivity (Wildman–Crippen MR) is 98.8 cm³/mol. The van der Waals surface area contributed by atoms with Crippen LogP contribution in [0.25, 0.3) is 0 Å². The lowest BCUT2D eigenvalue weighted by Crippen LogP contribution is -2.13. The van der Waals surface area contributed by atoms with Gasteiger partial charge in [0.1, 0.15) is 0 Å². The monoisotopic (exact) mass is 362 g/mol. The molecule has 0 amide bonds. The summed E-state index contributed by atoms with van der Waals surface area (Å²) >= 11 is 0. The summed E-state index contributed by atoms with van der Waals surface area (Å²) in [6, 6.07) is 1.15. The molecule has 2 radical (unpaired) electrons. The average molecular weight is 363 g/mol. The lowest BCUT2D eigenvalue weighted by atomic mass is 10.2. The van der Waals surface area contributed by atoms with Crippen molar-refractivity contribution >= 4 is 9.76 Å². The fraction of sp³-hybridized carbons (Fsp3) is 1.00. The van der Waals surface area contributed by atoms with Crippen LogP contribution in [0.1, 0.15) is 52.4 Å². The summed E-state index contributed by atoms with van der Waals surface area (Å²) in [7, 11) is 0.605. The first-order chi connectivity index (χ1) is 11.9. The summed E-state index contributed by atoms with van der Waals surface area (Å²) in [5.74, 6) is 0. The number of hydrogen-bond donors (Lipinski definition) is 0. The average Bonchev–Trinajstić information content (AvgIpc) is 2.60. The smallest absolute Gasteiger partial charge is 0.229 e. The van der Waals surface area contributed by atoms with E-state index in [0.717, 1.165) is 19.1 Å². The van der Waals surface area contributed by atoms with E-state index in [1.54, 1.807) is 0 Å². The zero-order chi connectivity index (χ0) is 17.6. The lowest BCUT2D eigenvalue weighted by molar-refractivity contribution is -0.00480. The van der Waals surface area contributed by atoms with Crippen molar-refractivity contribution in [3.8, 4) is 0 Å². The van der Waals surface area contributed by atoms with Crippen LogP contribution in [0, 0.1) is 0 Å². The molecule has 24 heavy (non-hydrogen) atoms. The molecule has 0 heterocycles. The van der Waals surface area contributed by atoms with Crippen molar-refractivity contribution in [2.75, 3.05) is 59.5 Å². The molecule has 0 bridgehead atoms. The van der Waals surface area contributed by atoms with Gasteiger partial charge in [-0.1, -0.05) is 46.0 Å². The Bertz CT molecular complexity index is 198. The lowest BCUT2D eigenvalue weighted by Gasteiger charge is -2.07. The van der Waals surface area contributed by atoms with Gasteiger partial charge in [-0.15, -0.1) is 0 Å². The second-order valence-electron chi connectivity index (χ2n) is 5.61. The SMILES string of the molecule is CCCCCCCOCCOCCOCCOCCO[Si]CCC. The van der Waals surface area contributed by atoms with Gasteiger partial charge in [-0.2, -0.15) is 0 Å². The molecule has 0 aromatic carbocycles. The predicted octanol–water partition coefficient (Wildman–Crippen LogP) is 3.49. The molecule has 6 heteroatoms. The molecule has 0 aromatic heterocycles. The minimum atomic E-state index is 0.605. The third kappa shape index (κ3) is 22.0. The first-order valence-corrected chi connectivity index (χ1v) is 10.7. The molecule has 0 aromatic rings. The number of ether oxygens (including phenoxy) is 4. The molecule has 0 N–H and O–H groups in total. The standard InChI is InChI=1S/C18H38O5Si/c1-3-5-6-7-8-9-19-10-11-20-12-13-21-14-15-22-16-17-23-24-18-4-2/h3-18H2,1-2H3. The Morgan fingerprint density at radius 3 is 1.54 bits per heavy atom. The summed E-state index contributed by atoms with van der Waals surface area (Å²) in [6.07, 6.45) is 7.56. The maximum Gasteiger partial charge on any atom is 0.229 e. The normalized spacial score (nSPS) is 11.2. The van der Waals surface area contributed by atoms with Gasteiger partial charge in [0, 0.05) is 6.61 Å². The van der Waals surface area contributed by atoms with Gasteiger partial charge in [-0.3, -0.25) is 0 Å². The topological polar surface area (TPSA) is 46.2 Å². The first kappa shape index (κ1) is 24.0. The fourth-order valence-corrected chi connectivity index (χ4v) is 2.49. The largest absolute Gasteiger partial charge is 0.415 e. The highest BCUT2D eigenvalue weighted by molar-refractivity contribution is 6.26. The molecule has 5 nitrogen and oxygen atoms in total. The number of unbranched alkanes of at least 4 members (excludes halogenated alkanes) is 4. The highest BCUT2D eigenvalue weighted by Crippen LogP contribution is 2.02. The van der Waals surface area contributed by atoms with E-state index in [2.05, 4.69) is 13.8 Å². The Balaban J connectivity index is 2.93. The highest BCUT2D eigenvalue weighted by Gasteiger charge is 1.94. The van der Waals surface area contributed by atoms with E-state index < -0.39 is 0 Å². The van der Waals surface area contributed by atoms with Crippen molar-refractivity contribution < 1.29 is 23.4 Å². The van der Waals surface area contributed by atoms with Gasteiger partial charge in [0.25, 0.3) is 0 Å². The van der Waals surface area contributed by atoms with Crippen molar-refractivity contribution in [3.63, 3.8) is 0 Å². The van der Waals surface area contributed by atoms with E-state index in [1.807, 2.05) is 0 Å². The fourth-order valence-electron chi connectivity index (χ4n) is 1.92. The van der Waals surface area contributed by atoms with E-state index in [1.165, 1.54) is 32.1 Å². The third-order valence-corrected chi connectivity index (χ3v) is 4.40. The third-order valence-electron chi connectivity index (χ3n) is 3.29. The van der Waals surface area contributed by atoms with E-state index in [0.29, 0.717) is 62.6 Å². The van der Waals surface area contributed by atoms with Crippen molar-refractivity contribution in [3.05, 3.63) is 0 Å². The Labute approximate surface area is 151 Å². The van der Waals surface area contributed by atoms with E-state index in [4.69, 9.17) is 23.4 Å². The molecular formula is C18H38O5Si. The van der Waals surface area contributed by atoms with Crippen molar-refractivity contribution in [2.45, 2.75) is 58.4 Å². The highest BCUT2D eigenvalue weighted by atomic mass is 28.2. The van der Waals surface area contributed by atoms with Crippen LogP contribution in [0.4, 0.5) is 0 Å². The molecule has 144 valence electrons.